The summed E-state index contributed by atoms with van der Waals surface area (Å²) in [4.78, 5) is 11.8. The topological polar surface area (TPSA) is 53.1 Å². The molecule has 0 atom stereocenters. The van der Waals surface area contributed by atoms with E-state index in [0.717, 1.165) is 56.9 Å². The number of aromatic nitrogens is 2. The van der Waals surface area contributed by atoms with Gasteiger partial charge in [0.1, 0.15) is 11.6 Å². The molecule has 152 valence electrons. The SMILES string of the molecule is c1ccc(NCCCCNCc2cc3ccccc3nc2N2CCCCC2)nc1. The van der Waals surface area contributed by atoms with Gasteiger partial charge in [0.05, 0.1) is 5.52 Å². The van der Waals surface area contributed by atoms with Crippen LogP contribution in [0.25, 0.3) is 10.9 Å². The van der Waals surface area contributed by atoms with E-state index in [4.69, 9.17) is 4.98 Å². The third-order valence-electron chi connectivity index (χ3n) is 5.50. The predicted molar refractivity (Wildman–Crippen MR) is 121 cm³/mol. The Balaban J connectivity index is 1.30. The van der Waals surface area contributed by atoms with Gasteiger partial charge in [-0.1, -0.05) is 24.3 Å². The lowest BCUT2D eigenvalue weighted by molar-refractivity contribution is 0.569. The molecule has 5 heteroatoms. The first-order valence-corrected chi connectivity index (χ1v) is 10.9. The van der Waals surface area contributed by atoms with Crippen LogP contribution in [-0.4, -0.2) is 36.1 Å². The molecule has 3 heterocycles. The first kappa shape index (κ1) is 19.6. The fraction of sp³-hybridized carbons (Fsp3) is 0.417. The van der Waals surface area contributed by atoms with Crippen molar-refractivity contribution in [3.63, 3.8) is 0 Å². The largest absolute Gasteiger partial charge is 0.370 e. The second-order valence-electron chi connectivity index (χ2n) is 7.74. The zero-order valence-electron chi connectivity index (χ0n) is 17.1. The zero-order valence-corrected chi connectivity index (χ0v) is 17.1. The van der Waals surface area contributed by atoms with Crippen LogP contribution in [0.2, 0.25) is 0 Å². The lowest BCUT2D eigenvalue weighted by atomic mass is 10.1. The third kappa shape index (κ3) is 5.45. The van der Waals surface area contributed by atoms with E-state index in [0.29, 0.717) is 0 Å². The van der Waals surface area contributed by atoms with E-state index in [1.54, 1.807) is 0 Å². The quantitative estimate of drug-likeness (QED) is 0.524. The van der Waals surface area contributed by atoms with Gasteiger partial charge in [0.25, 0.3) is 0 Å². The summed E-state index contributed by atoms with van der Waals surface area (Å²) in [5.41, 5.74) is 2.41. The molecule has 0 spiro atoms. The molecule has 29 heavy (non-hydrogen) atoms. The van der Waals surface area contributed by atoms with Crippen molar-refractivity contribution in [1.29, 1.82) is 0 Å². The van der Waals surface area contributed by atoms with Crippen LogP contribution in [0.1, 0.15) is 37.7 Å². The fourth-order valence-corrected chi connectivity index (χ4v) is 3.94. The number of para-hydroxylation sites is 1. The van der Waals surface area contributed by atoms with Crippen LogP contribution < -0.4 is 15.5 Å². The molecule has 1 aromatic carbocycles. The van der Waals surface area contributed by atoms with Gasteiger partial charge < -0.3 is 15.5 Å². The van der Waals surface area contributed by atoms with E-state index < -0.39 is 0 Å². The van der Waals surface area contributed by atoms with Crippen molar-refractivity contribution < 1.29 is 0 Å². The van der Waals surface area contributed by atoms with E-state index in [2.05, 4.69) is 50.8 Å². The first-order chi connectivity index (χ1) is 14.4. The maximum absolute atomic E-state index is 5.03. The van der Waals surface area contributed by atoms with Gasteiger partial charge in [0.2, 0.25) is 0 Å². The van der Waals surface area contributed by atoms with Gasteiger partial charge in [-0.3, -0.25) is 0 Å². The van der Waals surface area contributed by atoms with Gasteiger partial charge >= 0.3 is 0 Å². The second-order valence-corrected chi connectivity index (χ2v) is 7.74. The Hall–Kier alpha value is -2.66. The molecule has 1 aliphatic heterocycles. The van der Waals surface area contributed by atoms with Crippen molar-refractivity contribution in [3.05, 3.63) is 60.3 Å². The smallest absolute Gasteiger partial charge is 0.133 e. The summed E-state index contributed by atoms with van der Waals surface area (Å²) >= 11 is 0. The monoisotopic (exact) mass is 389 g/mol. The van der Waals surface area contributed by atoms with Crippen LogP contribution >= 0.6 is 0 Å². The number of piperidine rings is 1. The molecule has 0 aliphatic carbocycles. The molecule has 1 saturated heterocycles. The molecule has 3 aromatic rings. The maximum Gasteiger partial charge on any atom is 0.133 e. The molecule has 0 unspecified atom stereocenters. The van der Waals surface area contributed by atoms with Crippen molar-refractivity contribution in [2.45, 2.75) is 38.6 Å². The molecule has 1 aliphatic rings. The number of benzene rings is 1. The standard InChI is InChI=1S/C24H31N5/c1-8-16-29(17-9-1)24-21(18-20-10-2-3-11-22(20)28-24)19-25-13-6-7-15-27-23-12-4-5-14-26-23/h2-5,10-12,14,18,25H,1,6-9,13,15-17,19H2,(H,26,27). The highest BCUT2D eigenvalue weighted by Crippen LogP contribution is 2.26. The van der Waals surface area contributed by atoms with Crippen LogP contribution in [-0.2, 0) is 6.54 Å². The van der Waals surface area contributed by atoms with Gasteiger partial charge in [0.15, 0.2) is 0 Å². The number of nitrogens with zero attached hydrogens (tertiary/aromatic N) is 3. The van der Waals surface area contributed by atoms with Crippen LogP contribution in [0.3, 0.4) is 0 Å². The highest BCUT2D eigenvalue weighted by Gasteiger charge is 2.16. The average Bonchev–Trinajstić information content (AvgIpc) is 2.79. The van der Waals surface area contributed by atoms with Gasteiger partial charge in [-0.25, -0.2) is 9.97 Å². The highest BCUT2D eigenvalue weighted by atomic mass is 15.2. The number of hydrogen-bond donors (Lipinski definition) is 2. The first-order valence-electron chi connectivity index (χ1n) is 10.9. The molecule has 0 saturated carbocycles. The number of anilines is 2. The molecular weight excluding hydrogens is 358 g/mol. The van der Waals surface area contributed by atoms with E-state index >= 15 is 0 Å². The molecule has 0 amide bonds. The Bertz CT molecular complexity index is 890. The molecule has 5 nitrogen and oxygen atoms in total. The minimum Gasteiger partial charge on any atom is -0.370 e. The average molecular weight is 390 g/mol. The van der Waals surface area contributed by atoms with Gasteiger partial charge in [0, 0.05) is 43.3 Å². The third-order valence-corrected chi connectivity index (χ3v) is 5.50. The molecule has 1 fully saturated rings. The van der Waals surface area contributed by atoms with Crippen molar-refractivity contribution in [2.75, 3.05) is 36.4 Å². The minimum absolute atomic E-state index is 0.872. The molecule has 4 rings (SSSR count). The molecule has 2 aromatic heterocycles. The fourth-order valence-electron chi connectivity index (χ4n) is 3.94. The lowest BCUT2D eigenvalue weighted by Crippen LogP contribution is -2.31. The van der Waals surface area contributed by atoms with E-state index in [9.17, 15) is 0 Å². The number of nitrogens with one attached hydrogen (secondary N) is 2. The van der Waals surface area contributed by atoms with Crippen molar-refractivity contribution in [1.82, 2.24) is 15.3 Å². The molecule has 0 bridgehead atoms. The normalized spacial score (nSPS) is 14.3. The summed E-state index contributed by atoms with van der Waals surface area (Å²) < 4.78 is 0. The molecular formula is C24H31N5. The number of unbranched alkanes of at least 4 members (excludes halogenated alkanes) is 1. The van der Waals surface area contributed by atoms with E-state index in [-0.39, 0.29) is 0 Å². The van der Waals surface area contributed by atoms with Crippen molar-refractivity contribution in [2.24, 2.45) is 0 Å². The van der Waals surface area contributed by atoms with Gasteiger partial charge in [-0.2, -0.15) is 0 Å². The number of hydrogen-bond acceptors (Lipinski definition) is 5. The van der Waals surface area contributed by atoms with Crippen LogP contribution in [0, 0.1) is 0 Å². The highest BCUT2D eigenvalue weighted by molar-refractivity contribution is 5.81. The maximum atomic E-state index is 5.03. The summed E-state index contributed by atoms with van der Waals surface area (Å²) in [6.45, 7) is 5.08. The Morgan fingerprint density at radius 1 is 0.897 bits per heavy atom. The summed E-state index contributed by atoms with van der Waals surface area (Å²) in [5.74, 6) is 2.13. The van der Waals surface area contributed by atoms with Crippen LogP contribution in [0.4, 0.5) is 11.6 Å². The Labute approximate surface area is 173 Å². The lowest BCUT2D eigenvalue weighted by Gasteiger charge is -2.30. The van der Waals surface area contributed by atoms with Crippen LogP contribution in [0.5, 0.6) is 0 Å². The number of rotatable bonds is 9. The van der Waals surface area contributed by atoms with Gasteiger partial charge in [-0.05, 0) is 62.9 Å². The van der Waals surface area contributed by atoms with Crippen LogP contribution in [0.15, 0.2) is 54.7 Å². The minimum atomic E-state index is 0.872. The zero-order chi connectivity index (χ0) is 19.7. The Morgan fingerprint density at radius 3 is 2.59 bits per heavy atom. The number of fused-ring (bicyclic) bond motifs is 1. The summed E-state index contributed by atoms with van der Waals surface area (Å²) in [7, 11) is 0. The molecule has 0 radical (unpaired) electrons. The summed E-state index contributed by atoms with van der Waals surface area (Å²) in [5, 5.41) is 8.23. The van der Waals surface area contributed by atoms with E-state index in [1.807, 2.05) is 24.4 Å². The molecule has 2 N–H and O–H groups in total. The Morgan fingerprint density at radius 2 is 1.72 bits per heavy atom. The number of pyridine rings is 2. The summed E-state index contributed by atoms with van der Waals surface area (Å²) in [6, 6.07) is 16.7. The predicted octanol–water partition coefficient (Wildman–Crippen LogP) is 4.60. The summed E-state index contributed by atoms with van der Waals surface area (Å²) in [6.07, 6.45) is 7.96. The second kappa shape index (κ2) is 10.2. The van der Waals surface area contributed by atoms with Crippen molar-refractivity contribution >= 4 is 22.5 Å². The van der Waals surface area contributed by atoms with Crippen molar-refractivity contribution in [3.8, 4) is 0 Å². The van der Waals surface area contributed by atoms with Gasteiger partial charge in [-0.15, -0.1) is 0 Å². The Kier molecular flexibility index (Phi) is 6.92. The van der Waals surface area contributed by atoms with E-state index in [1.165, 1.54) is 36.0 Å².